The van der Waals surface area contributed by atoms with Crippen LogP contribution >= 0.6 is 0 Å². The Hall–Kier alpha value is -1.68. The molecular weight excluding hydrogens is 200 g/mol. The van der Waals surface area contributed by atoms with Crippen LogP contribution < -0.4 is 5.32 Å². The van der Waals surface area contributed by atoms with Crippen LogP contribution in [0.25, 0.3) is 11.3 Å². The van der Waals surface area contributed by atoms with Crippen LogP contribution in [-0.4, -0.2) is 28.1 Å². The third-order valence-corrected chi connectivity index (χ3v) is 2.55. The molecule has 84 valence electrons. The highest BCUT2D eigenvalue weighted by atomic mass is 15.0. The third-order valence-electron chi connectivity index (χ3n) is 2.55. The molecule has 4 nitrogen and oxygen atoms in total. The lowest BCUT2D eigenvalue weighted by Gasteiger charge is -1.99. The first kappa shape index (κ1) is 10.8. The van der Waals surface area contributed by atoms with Crippen molar-refractivity contribution in [1.82, 2.24) is 19.9 Å². The highest BCUT2D eigenvalue weighted by Crippen LogP contribution is 2.16. The zero-order valence-electron chi connectivity index (χ0n) is 9.64. The Balaban J connectivity index is 2.24. The first-order chi connectivity index (χ1) is 7.81. The van der Waals surface area contributed by atoms with Gasteiger partial charge < -0.3 is 9.88 Å². The number of imidazole rings is 1. The van der Waals surface area contributed by atoms with Crippen LogP contribution in [0.1, 0.15) is 5.82 Å². The maximum atomic E-state index is 4.61. The van der Waals surface area contributed by atoms with E-state index < -0.39 is 0 Å². The molecule has 0 amide bonds. The summed E-state index contributed by atoms with van der Waals surface area (Å²) in [6.45, 7) is 0.945. The van der Waals surface area contributed by atoms with Gasteiger partial charge in [-0.2, -0.15) is 0 Å². The fourth-order valence-corrected chi connectivity index (χ4v) is 1.64. The highest BCUT2D eigenvalue weighted by Gasteiger charge is 2.06. The summed E-state index contributed by atoms with van der Waals surface area (Å²) in [7, 11) is 3.98. The Bertz CT molecular complexity index is 447. The average Bonchev–Trinajstić information content (AvgIpc) is 2.69. The number of hydrogen-bond donors (Lipinski definition) is 1. The Morgan fingerprint density at radius 2 is 2.06 bits per heavy atom. The summed E-state index contributed by atoms with van der Waals surface area (Å²) in [5.74, 6) is 1.10. The molecule has 16 heavy (non-hydrogen) atoms. The van der Waals surface area contributed by atoms with Crippen molar-refractivity contribution in [3.63, 3.8) is 0 Å². The van der Waals surface area contributed by atoms with E-state index in [0.29, 0.717) is 0 Å². The van der Waals surface area contributed by atoms with Crippen LogP contribution in [0, 0.1) is 0 Å². The highest BCUT2D eigenvalue weighted by molar-refractivity contribution is 5.57. The van der Waals surface area contributed by atoms with Gasteiger partial charge in [0.25, 0.3) is 0 Å². The van der Waals surface area contributed by atoms with E-state index in [9.17, 15) is 0 Å². The van der Waals surface area contributed by atoms with E-state index in [-0.39, 0.29) is 0 Å². The van der Waals surface area contributed by atoms with Crippen molar-refractivity contribution < 1.29 is 0 Å². The van der Waals surface area contributed by atoms with Gasteiger partial charge in [0.05, 0.1) is 5.69 Å². The number of likely N-dealkylation sites (N-methyl/N-ethyl adjacent to an activating group) is 1. The summed E-state index contributed by atoms with van der Waals surface area (Å²) < 4.78 is 2.08. The van der Waals surface area contributed by atoms with Crippen LogP contribution in [-0.2, 0) is 13.5 Å². The summed E-state index contributed by atoms with van der Waals surface area (Å²) in [5, 5.41) is 3.13. The normalized spacial score (nSPS) is 10.6. The molecule has 0 spiro atoms. The Kier molecular flexibility index (Phi) is 3.31. The van der Waals surface area contributed by atoms with Crippen LogP contribution in [0.15, 0.2) is 30.7 Å². The second kappa shape index (κ2) is 4.90. The molecule has 0 fully saturated rings. The lowest BCUT2D eigenvalue weighted by Crippen LogP contribution is -2.12. The molecule has 0 saturated heterocycles. The summed E-state index contributed by atoms with van der Waals surface area (Å²) in [6, 6.07) is 3.95. The van der Waals surface area contributed by atoms with Crippen molar-refractivity contribution in [3.05, 3.63) is 36.5 Å². The van der Waals surface area contributed by atoms with Crippen molar-refractivity contribution in [2.24, 2.45) is 7.05 Å². The largest absolute Gasteiger partial charge is 0.337 e. The predicted molar refractivity (Wildman–Crippen MR) is 64.1 cm³/mol. The predicted octanol–water partition coefficient (Wildman–Crippen LogP) is 1.24. The minimum absolute atomic E-state index is 0.943. The minimum atomic E-state index is 0.943. The molecule has 2 rings (SSSR count). The molecule has 4 heteroatoms. The average molecular weight is 216 g/mol. The Morgan fingerprint density at radius 1 is 1.31 bits per heavy atom. The number of hydrogen-bond acceptors (Lipinski definition) is 3. The summed E-state index contributed by atoms with van der Waals surface area (Å²) in [5.41, 5.74) is 2.12. The van der Waals surface area contributed by atoms with E-state index in [1.165, 1.54) is 0 Å². The van der Waals surface area contributed by atoms with E-state index in [1.54, 1.807) is 12.4 Å². The fourth-order valence-electron chi connectivity index (χ4n) is 1.64. The minimum Gasteiger partial charge on any atom is -0.337 e. The summed E-state index contributed by atoms with van der Waals surface area (Å²) in [4.78, 5) is 8.62. The lowest BCUT2D eigenvalue weighted by atomic mass is 10.2. The van der Waals surface area contributed by atoms with E-state index in [0.717, 1.165) is 30.0 Å². The number of pyridine rings is 1. The van der Waals surface area contributed by atoms with Gasteiger partial charge in [0, 0.05) is 44.2 Å². The summed E-state index contributed by atoms with van der Waals surface area (Å²) in [6.07, 6.45) is 6.58. The molecule has 0 bridgehead atoms. The van der Waals surface area contributed by atoms with Gasteiger partial charge >= 0.3 is 0 Å². The zero-order valence-corrected chi connectivity index (χ0v) is 9.64. The maximum absolute atomic E-state index is 4.61. The van der Waals surface area contributed by atoms with E-state index in [4.69, 9.17) is 0 Å². The smallest absolute Gasteiger partial charge is 0.110 e. The Labute approximate surface area is 95.4 Å². The molecule has 0 saturated carbocycles. The zero-order chi connectivity index (χ0) is 11.4. The van der Waals surface area contributed by atoms with Crippen LogP contribution in [0.3, 0.4) is 0 Å². The van der Waals surface area contributed by atoms with Crippen molar-refractivity contribution >= 4 is 0 Å². The molecule has 0 aliphatic carbocycles. The monoisotopic (exact) mass is 216 g/mol. The van der Waals surface area contributed by atoms with Crippen molar-refractivity contribution in [2.75, 3.05) is 13.6 Å². The van der Waals surface area contributed by atoms with Gasteiger partial charge in [-0.3, -0.25) is 4.98 Å². The first-order valence-electron chi connectivity index (χ1n) is 5.38. The molecule has 0 unspecified atom stereocenters. The number of rotatable bonds is 4. The van der Waals surface area contributed by atoms with E-state index in [2.05, 4.69) is 26.0 Å². The molecule has 0 atom stereocenters. The second-order valence-electron chi connectivity index (χ2n) is 3.74. The molecule has 1 N–H and O–H groups in total. The van der Waals surface area contributed by atoms with Gasteiger partial charge in [0.2, 0.25) is 0 Å². The lowest BCUT2D eigenvalue weighted by molar-refractivity contribution is 0.718. The second-order valence-corrected chi connectivity index (χ2v) is 3.74. The van der Waals surface area contributed by atoms with Gasteiger partial charge in [0.1, 0.15) is 5.82 Å². The number of nitrogens with one attached hydrogen (secondary N) is 1. The molecule has 2 aromatic heterocycles. The SMILES string of the molecule is CNCCc1nc(-c2ccncc2)cn1C. The molecular formula is C12H16N4. The Morgan fingerprint density at radius 3 is 2.75 bits per heavy atom. The van der Waals surface area contributed by atoms with Crippen LogP contribution in [0.4, 0.5) is 0 Å². The first-order valence-corrected chi connectivity index (χ1v) is 5.38. The van der Waals surface area contributed by atoms with Crippen LogP contribution in [0.5, 0.6) is 0 Å². The number of nitrogens with zero attached hydrogens (tertiary/aromatic N) is 3. The van der Waals surface area contributed by atoms with Gasteiger partial charge in [-0.1, -0.05) is 0 Å². The molecule has 2 heterocycles. The fraction of sp³-hybridized carbons (Fsp3) is 0.333. The van der Waals surface area contributed by atoms with Crippen molar-refractivity contribution in [3.8, 4) is 11.3 Å². The quantitative estimate of drug-likeness (QED) is 0.836. The number of aromatic nitrogens is 3. The van der Waals surface area contributed by atoms with Gasteiger partial charge in [-0.15, -0.1) is 0 Å². The molecule has 2 aromatic rings. The van der Waals surface area contributed by atoms with Gasteiger partial charge in [-0.05, 0) is 19.2 Å². The van der Waals surface area contributed by atoms with Crippen LogP contribution in [0.2, 0.25) is 0 Å². The standard InChI is InChI=1S/C12H16N4/c1-13-6-5-12-15-11(9-16(12)2)10-3-7-14-8-4-10/h3-4,7-9,13H,5-6H2,1-2H3. The van der Waals surface area contributed by atoms with E-state index >= 15 is 0 Å². The van der Waals surface area contributed by atoms with Crippen molar-refractivity contribution in [1.29, 1.82) is 0 Å². The molecule has 0 aliphatic rings. The third kappa shape index (κ3) is 2.28. The molecule has 0 aliphatic heterocycles. The van der Waals surface area contributed by atoms with E-state index in [1.807, 2.05) is 26.2 Å². The van der Waals surface area contributed by atoms with Gasteiger partial charge in [-0.25, -0.2) is 4.98 Å². The van der Waals surface area contributed by atoms with Crippen molar-refractivity contribution in [2.45, 2.75) is 6.42 Å². The topological polar surface area (TPSA) is 42.7 Å². The maximum Gasteiger partial charge on any atom is 0.110 e. The summed E-state index contributed by atoms with van der Waals surface area (Å²) >= 11 is 0. The number of aryl methyl sites for hydroxylation is 1. The van der Waals surface area contributed by atoms with Gasteiger partial charge in [0.15, 0.2) is 0 Å². The molecule has 0 aromatic carbocycles. The molecule has 0 radical (unpaired) electrons.